The second kappa shape index (κ2) is 9.17. The lowest BCUT2D eigenvalue weighted by Gasteiger charge is -2.11. The molecule has 3 rings (SSSR count). The van der Waals surface area contributed by atoms with Gasteiger partial charge in [0.1, 0.15) is 0 Å². The third kappa shape index (κ3) is 4.50. The van der Waals surface area contributed by atoms with Crippen LogP contribution in [0.5, 0.6) is 0 Å². The number of ether oxygens (including phenoxy) is 1. The molecule has 0 spiro atoms. The van der Waals surface area contributed by atoms with Crippen LogP contribution in [0.25, 0.3) is 28.3 Å². The molecule has 0 N–H and O–H groups in total. The van der Waals surface area contributed by atoms with Crippen LogP contribution in [-0.4, -0.2) is 6.61 Å². The Morgan fingerprint density at radius 1 is 0.808 bits per heavy atom. The van der Waals surface area contributed by atoms with Crippen LogP contribution >= 0.6 is 0 Å². The second-order valence-corrected chi connectivity index (χ2v) is 6.42. The molecule has 0 heterocycles. The molecule has 0 radical (unpaired) electrons. The first-order valence-electron chi connectivity index (χ1n) is 9.31. The van der Waals surface area contributed by atoms with Crippen LogP contribution in [0.2, 0.25) is 0 Å². The molecule has 0 saturated carbocycles. The fourth-order valence-corrected chi connectivity index (χ4v) is 3.09. The first-order chi connectivity index (χ1) is 12.8. The Hall–Kier alpha value is -2.64. The van der Waals surface area contributed by atoms with Gasteiger partial charge in [0, 0.05) is 6.61 Å². The largest absolute Gasteiger partial charge is 0.377 e. The van der Waals surface area contributed by atoms with Crippen molar-refractivity contribution in [3.63, 3.8) is 0 Å². The van der Waals surface area contributed by atoms with Crippen molar-refractivity contribution in [2.45, 2.75) is 26.9 Å². The van der Waals surface area contributed by atoms with Gasteiger partial charge in [-0.3, -0.25) is 0 Å². The molecule has 0 aromatic heterocycles. The molecule has 3 aromatic rings. The first-order valence-corrected chi connectivity index (χ1v) is 9.31. The molecule has 0 saturated heterocycles. The highest BCUT2D eigenvalue weighted by atomic mass is 16.5. The molecule has 3 aromatic carbocycles. The van der Waals surface area contributed by atoms with E-state index in [0.29, 0.717) is 6.61 Å². The summed E-state index contributed by atoms with van der Waals surface area (Å²) in [5.74, 6) is 0. The van der Waals surface area contributed by atoms with Gasteiger partial charge in [-0.2, -0.15) is 0 Å². The zero-order valence-electron chi connectivity index (χ0n) is 15.6. The third-order valence-corrected chi connectivity index (χ3v) is 4.38. The fourth-order valence-electron chi connectivity index (χ4n) is 3.09. The topological polar surface area (TPSA) is 9.23 Å². The maximum absolute atomic E-state index is 5.69. The van der Waals surface area contributed by atoms with Crippen molar-refractivity contribution in [2.24, 2.45) is 0 Å². The average molecular weight is 342 g/mol. The molecular weight excluding hydrogens is 316 g/mol. The first kappa shape index (κ1) is 18.2. The van der Waals surface area contributed by atoms with Gasteiger partial charge in [-0.05, 0) is 52.8 Å². The minimum absolute atomic E-state index is 0.672. The van der Waals surface area contributed by atoms with Gasteiger partial charge in [0.25, 0.3) is 0 Å². The van der Waals surface area contributed by atoms with Gasteiger partial charge in [-0.15, -0.1) is 0 Å². The van der Waals surface area contributed by atoms with Gasteiger partial charge in [-0.25, -0.2) is 0 Å². The Bertz CT molecular complexity index is 845. The molecule has 0 aliphatic rings. The van der Waals surface area contributed by atoms with E-state index in [1.54, 1.807) is 0 Å². The Kier molecular flexibility index (Phi) is 6.40. The average Bonchev–Trinajstić information content (AvgIpc) is 2.70. The summed E-state index contributed by atoms with van der Waals surface area (Å²) >= 11 is 0. The zero-order chi connectivity index (χ0) is 18.2. The fraction of sp³-hybridized carbons (Fsp3) is 0.200. The van der Waals surface area contributed by atoms with Crippen molar-refractivity contribution in [1.29, 1.82) is 0 Å². The van der Waals surface area contributed by atoms with E-state index in [0.717, 1.165) is 13.0 Å². The predicted octanol–water partition coefficient (Wildman–Crippen LogP) is 6.98. The molecule has 0 aliphatic heterocycles. The summed E-state index contributed by atoms with van der Waals surface area (Å²) < 4.78 is 5.69. The van der Waals surface area contributed by atoms with Gasteiger partial charge in [0.15, 0.2) is 0 Å². The molecule has 0 atom stereocenters. The van der Waals surface area contributed by atoms with E-state index in [1.807, 2.05) is 6.07 Å². The maximum Gasteiger partial charge on any atom is 0.0717 e. The van der Waals surface area contributed by atoms with Gasteiger partial charge in [0.2, 0.25) is 0 Å². The Morgan fingerprint density at radius 2 is 1.50 bits per heavy atom. The lowest BCUT2D eigenvalue weighted by Crippen LogP contribution is -1.95. The molecule has 0 amide bonds. The number of benzene rings is 3. The second-order valence-electron chi connectivity index (χ2n) is 6.42. The van der Waals surface area contributed by atoms with E-state index in [1.165, 1.54) is 33.4 Å². The Morgan fingerprint density at radius 3 is 2.19 bits per heavy atom. The lowest BCUT2D eigenvalue weighted by molar-refractivity contribution is 0.121. The smallest absolute Gasteiger partial charge is 0.0717 e. The number of hydrogen-bond acceptors (Lipinski definition) is 1. The van der Waals surface area contributed by atoms with E-state index < -0.39 is 0 Å². The van der Waals surface area contributed by atoms with Crippen LogP contribution in [-0.2, 0) is 11.3 Å². The van der Waals surface area contributed by atoms with Crippen molar-refractivity contribution in [2.75, 3.05) is 6.61 Å². The monoisotopic (exact) mass is 342 g/mol. The molecule has 0 aliphatic carbocycles. The minimum atomic E-state index is 0.672. The van der Waals surface area contributed by atoms with Crippen molar-refractivity contribution in [3.8, 4) is 22.3 Å². The highest BCUT2D eigenvalue weighted by molar-refractivity contribution is 5.77. The molecule has 26 heavy (non-hydrogen) atoms. The highest BCUT2D eigenvalue weighted by Gasteiger charge is 2.06. The summed E-state index contributed by atoms with van der Waals surface area (Å²) in [5, 5.41) is 0. The summed E-state index contributed by atoms with van der Waals surface area (Å²) in [5.41, 5.74) is 7.43. The molecule has 0 unspecified atom stereocenters. The molecule has 1 nitrogen and oxygen atoms in total. The predicted molar refractivity (Wildman–Crippen MR) is 112 cm³/mol. The summed E-state index contributed by atoms with van der Waals surface area (Å²) in [4.78, 5) is 0. The van der Waals surface area contributed by atoms with E-state index in [4.69, 9.17) is 4.74 Å². The Labute approximate surface area is 157 Å². The van der Waals surface area contributed by atoms with E-state index >= 15 is 0 Å². The summed E-state index contributed by atoms with van der Waals surface area (Å²) in [6.07, 6.45) is 5.31. The van der Waals surface area contributed by atoms with Crippen LogP contribution < -0.4 is 0 Å². The molecule has 1 heteroatoms. The summed E-state index contributed by atoms with van der Waals surface area (Å²) in [6.45, 7) is 5.67. The van der Waals surface area contributed by atoms with Crippen LogP contribution in [0, 0.1) is 0 Å². The van der Waals surface area contributed by atoms with Crippen LogP contribution in [0.3, 0.4) is 0 Å². The van der Waals surface area contributed by atoms with Crippen molar-refractivity contribution >= 4 is 6.08 Å². The van der Waals surface area contributed by atoms with E-state index in [2.05, 4.69) is 92.7 Å². The maximum atomic E-state index is 5.69. The standard InChI is InChI=1S/C25H26O/c1-3-8-24-18-20(19-26-17-4-2)11-16-25(24)23-14-12-22(13-15-23)21-9-6-5-7-10-21/h3,5-16,18H,4,17,19H2,1-2H3/b8-3+. The van der Waals surface area contributed by atoms with Crippen molar-refractivity contribution in [3.05, 3.63) is 90.0 Å². The van der Waals surface area contributed by atoms with Crippen LogP contribution in [0.1, 0.15) is 31.4 Å². The molecular formula is C25H26O. The zero-order valence-corrected chi connectivity index (χ0v) is 15.6. The van der Waals surface area contributed by atoms with Gasteiger partial charge in [0.05, 0.1) is 6.61 Å². The van der Waals surface area contributed by atoms with Crippen LogP contribution in [0.15, 0.2) is 78.9 Å². The molecule has 0 bridgehead atoms. The minimum Gasteiger partial charge on any atom is -0.377 e. The number of hydrogen-bond donors (Lipinski definition) is 0. The van der Waals surface area contributed by atoms with Crippen molar-refractivity contribution < 1.29 is 4.74 Å². The third-order valence-electron chi connectivity index (χ3n) is 4.38. The number of allylic oxidation sites excluding steroid dienone is 1. The summed E-state index contributed by atoms with van der Waals surface area (Å²) in [6, 6.07) is 25.9. The van der Waals surface area contributed by atoms with Gasteiger partial charge >= 0.3 is 0 Å². The summed E-state index contributed by atoms with van der Waals surface area (Å²) in [7, 11) is 0. The number of rotatable bonds is 7. The molecule has 0 fully saturated rings. The van der Waals surface area contributed by atoms with E-state index in [-0.39, 0.29) is 0 Å². The Balaban J connectivity index is 1.88. The lowest BCUT2D eigenvalue weighted by atomic mass is 9.95. The quantitative estimate of drug-likeness (QED) is 0.421. The SMILES string of the molecule is C/C=C/c1cc(COCCC)ccc1-c1ccc(-c2ccccc2)cc1. The highest BCUT2D eigenvalue weighted by Crippen LogP contribution is 2.29. The van der Waals surface area contributed by atoms with Gasteiger partial charge < -0.3 is 4.74 Å². The van der Waals surface area contributed by atoms with Crippen molar-refractivity contribution in [1.82, 2.24) is 0 Å². The molecule has 132 valence electrons. The normalized spacial score (nSPS) is 11.2. The van der Waals surface area contributed by atoms with Gasteiger partial charge in [-0.1, -0.05) is 85.8 Å². The van der Waals surface area contributed by atoms with E-state index in [9.17, 15) is 0 Å². The van der Waals surface area contributed by atoms with Crippen LogP contribution in [0.4, 0.5) is 0 Å².